The van der Waals surface area contributed by atoms with Gasteiger partial charge >= 0.3 is 12.1 Å². The number of hydrogen-bond donors (Lipinski definition) is 1. The van der Waals surface area contributed by atoms with Gasteiger partial charge in [-0.15, -0.1) is 0 Å². The van der Waals surface area contributed by atoms with E-state index in [0.29, 0.717) is 17.1 Å². The highest BCUT2D eigenvalue weighted by molar-refractivity contribution is 6.14. The number of ether oxygens (including phenoxy) is 1. The molecule has 1 saturated carbocycles. The predicted octanol–water partition coefficient (Wildman–Crippen LogP) is 7.67. The summed E-state index contributed by atoms with van der Waals surface area (Å²) < 4.78 is 15.6. The van der Waals surface area contributed by atoms with E-state index in [1.165, 1.54) is 0 Å². The summed E-state index contributed by atoms with van der Waals surface area (Å²) in [6.45, 7) is 9.13. The Labute approximate surface area is 226 Å². The smallest absolute Gasteiger partial charge is 0.412 e. The maximum absolute atomic E-state index is 12.7. The summed E-state index contributed by atoms with van der Waals surface area (Å²) in [4.78, 5) is 24.7. The first-order valence-electron chi connectivity index (χ1n) is 12.3. The van der Waals surface area contributed by atoms with E-state index in [4.69, 9.17) is 21.1 Å². The molecular formula is C30H29ClN2O5. The van der Waals surface area contributed by atoms with Crippen LogP contribution in [0.2, 0.25) is 0 Å². The number of hydrogen-bond acceptors (Lipinski definition) is 6. The molecule has 1 aliphatic rings. The van der Waals surface area contributed by atoms with Crippen LogP contribution in [0.1, 0.15) is 37.9 Å². The molecule has 38 heavy (non-hydrogen) atoms. The molecule has 1 aliphatic carbocycles. The SMILES string of the molecule is C=C/C=C(\C=C/C)C(C)OC(=O)Nc1c(C)noc1-c1ccc(-c2ccc(C3(C(=O)OCl)CC3)cc2)cc1. The molecule has 2 aromatic carbocycles. The van der Waals surface area contributed by atoms with Crippen LogP contribution in [-0.4, -0.2) is 23.3 Å². The minimum atomic E-state index is -0.618. The first-order valence-corrected chi connectivity index (χ1v) is 12.6. The van der Waals surface area contributed by atoms with Gasteiger partial charge in [-0.3, -0.25) is 5.32 Å². The Balaban J connectivity index is 1.48. The van der Waals surface area contributed by atoms with Crippen LogP contribution in [0.25, 0.3) is 22.5 Å². The third-order valence-electron chi connectivity index (χ3n) is 6.64. The standard InChI is InChI=1S/C30H29ClN2O5/c1-5-7-21(8-6-2)20(4)36-29(35)32-26-19(3)33-38-27(26)24-11-9-22(10-12-24)23-13-15-25(16-14-23)30(17-18-30)28(34)37-31/h5-16,20H,1,17-18H2,2-4H3,(H,32,35)/b8-6-,21-7+. The number of aryl methyl sites for hydroxylation is 1. The lowest BCUT2D eigenvalue weighted by molar-refractivity contribution is -0.136. The van der Waals surface area contributed by atoms with Gasteiger partial charge in [0.1, 0.15) is 29.4 Å². The largest absolute Gasteiger partial charge is 0.441 e. The fourth-order valence-corrected chi connectivity index (χ4v) is 4.48. The number of anilines is 1. The van der Waals surface area contributed by atoms with Gasteiger partial charge in [-0.05, 0) is 55.9 Å². The fraction of sp³-hybridized carbons (Fsp3) is 0.233. The molecule has 0 bridgehead atoms. The molecule has 1 fully saturated rings. The van der Waals surface area contributed by atoms with E-state index in [1.54, 1.807) is 26.0 Å². The van der Waals surface area contributed by atoms with Crippen LogP contribution in [-0.2, 0) is 19.2 Å². The molecule has 3 aromatic rings. The quantitative estimate of drug-likeness (QED) is 0.284. The lowest BCUT2D eigenvalue weighted by atomic mass is 9.93. The van der Waals surface area contributed by atoms with Gasteiger partial charge in [-0.1, -0.05) is 84.6 Å². The highest BCUT2D eigenvalue weighted by atomic mass is 35.5. The van der Waals surface area contributed by atoms with Crippen molar-refractivity contribution in [2.24, 2.45) is 0 Å². The van der Waals surface area contributed by atoms with Gasteiger partial charge in [0.05, 0.1) is 5.41 Å². The lowest BCUT2D eigenvalue weighted by Crippen LogP contribution is -2.21. The molecule has 1 unspecified atom stereocenters. The highest BCUT2D eigenvalue weighted by Gasteiger charge is 2.53. The van der Waals surface area contributed by atoms with Crippen molar-refractivity contribution in [2.45, 2.75) is 45.1 Å². The molecule has 8 heteroatoms. The molecule has 7 nitrogen and oxygen atoms in total. The molecule has 1 atom stereocenters. The number of aromatic nitrogens is 1. The van der Waals surface area contributed by atoms with Crippen molar-refractivity contribution in [2.75, 3.05) is 5.32 Å². The van der Waals surface area contributed by atoms with Gasteiger partial charge in [-0.25, -0.2) is 9.59 Å². The van der Waals surface area contributed by atoms with Gasteiger partial charge in [0.15, 0.2) is 5.76 Å². The van der Waals surface area contributed by atoms with E-state index in [0.717, 1.165) is 40.7 Å². The Morgan fingerprint density at radius 1 is 1.11 bits per heavy atom. The van der Waals surface area contributed by atoms with Crippen LogP contribution in [0, 0.1) is 6.92 Å². The molecular weight excluding hydrogens is 504 g/mol. The van der Waals surface area contributed by atoms with E-state index >= 15 is 0 Å². The average Bonchev–Trinajstić information content (AvgIpc) is 3.67. The number of rotatable bonds is 9. The first kappa shape index (κ1) is 26.9. The van der Waals surface area contributed by atoms with Gasteiger partial charge in [-0.2, -0.15) is 0 Å². The molecule has 1 aromatic heterocycles. The molecule has 1 heterocycles. The Bertz CT molecular complexity index is 1380. The minimum Gasteiger partial charge on any atom is -0.441 e. The number of benzene rings is 2. The Morgan fingerprint density at radius 3 is 2.26 bits per heavy atom. The molecule has 196 valence electrons. The second-order valence-electron chi connectivity index (χ2n) is 9.15. The number of halogens is 1. The zero-order valence-electron chi connectivity index (χ0n) is 21.5. The van der Waals surface area contributed by atoms with Crippen molar-refractivity contribution < 1.29 is 23.1 Å². The second kappa shape index (κ2) is 11.5. The van der Waals surface area contributed by atoms with E-state index in [2.05, 4.69) is 21.3 Å². The van der Waals surface area contributed by atoms with E-state index in [-0.39, 0.29) is 0 Å². The van der Waals surface area contributed by atoms with E-state index in [1.807, 2.05) is 67.6 Å². The second-order valence-corrected chi connectivity index (χ2v) is 9.30. The number of carbonyl (C=O) groups is 2. The van der Waals surface area contributed by atoms with Crippen LogP contribution < -0.4 is 5.32 Å². The van der Waals surface area contributed by atoms with Crippen molar-refractivity contribution in [3.63, 3.8) is 0 Å². The number of nitrogens with one attached hydrogen (secondary N) is 1. The van der Waals surface area contributed by atoms with Crippen molar-refractivity contribution in [1.82, 2.24) is 5.16 Å². The highest BCUT2D eigenvalue weighted by Crippen LogP contribution is 2.49. The zero-order chi connectivity index (χ0) is 27.3. The maximum Gasteiger partial charge on any atom is 0.412 e. The molecule has 4 rings (SSSR count). The first-order chi connectivity index (χ1) is 18.3. The summed E-state index contributed by atoms with van der Waals surface area (Å²) in [5.74, 6) is 0.0208. The average molecular weight is 533 g/mol. The number of nitrogens with zero attached hydrogens (tertiary/aromatic N) is 1. The molecule has 0 spiro atoms. The Morgan fingerprint density at radius 2 is 1.71 bits per heavy atom. The monoisotopic (exact) mass is 532 g/mol. The van der Waals surface area contributed by atoms with Gasteiger partial charge in [0.2, 0.25) is 0 Å². The van der Waals surface area contributed by atoms with Gasteiger partial charge in [0, 0.05) is 5.56 Å². The number of amides is 1. The number of allylic oxidation sites excluding steroid dienone is 3. The molecule has 0 radical (unpaired) electrons. The van der Waals surface area contributed by atoms with Crippen molar-refractivity contribution >= 4 is 29.6 Å². The van der Waals surface area contributed by atoms with Crippen LogP contribution in [0.5, 0.6) is 0 Å². The third-order valence-corrected chi connectivity index (χ3v) is 6.78. The zero-order valence-corrected chi connectivity index (χ0v) is 22.2. The third kappa shape index (κ3) is 5.58. The van der Waals surface area contributed by atoms with Crippen LogP contribution in [0.4, 0.5) is 10.5 Å². The van der Waals surface area contributed by atoms with E-state index < -0.39 is 23.6 Å². The predicted molar refractivity (Wildman–Crippen MR) is 148 cm³/mol. The van der Waals surface area contributed by atoms with Gasteiger partial charge < -0.3 is 13.5 Å². The van der Waals surface area contributed by atoms with E-state index in [9.17, 15) is 9.59 Å². The van der Waals surface area contributed by atoms with Crippen molar-refractivity contribution in [3.8, 4) is 22.5 Å². The summed E-state index contributed by atoms with van der Waals surface area (Å²) in [7, 11) is 0. The summed E-state index contributed by atoms with van der Waals surface area (Å²) in [5.41, 5.74) is 4.79. The normalized spacial score (nSPS) is 15.1. The molecule has 1 N–H and O–H groups in total. The molecule has 1 amide bonds. The maximum atomic E-state index is 12.7. The fourth-order valence-electron chi connectivity index (χ4n) is 4.33. The molecule has 0 saturated heterocycles. The molecule has 0 aliphatic heterocycles. The van der Waals surface area contributed by atoms with Gasteiger partial charge in [0.25, 0.3) is 0 Å². The number of carbonyl (C=O) groups excluding carboxylic acids is 2. The Kier molecular flexibility index (Phi) is 8.17. The Hall–Kier alpha value is -4.10. The lowest BCUT2D eigenvalue weighted by Gasteiger charge is -2.15. The van der Waals surface area contributed by atoms with Crippen molar-refractivity contribution in [3.05, 3.63) is 96.2 Å². The summed E-state index contributed by atoms with van der Waals surface area (Å²) in [5, 5.41) is 6.80. The minimum absolute atomic E-state index is 0.409. The van der Waals surface area contributed by atoms with Crippen LogP contribution in [0.3, 0.4) is 0 Å². The topological polar surface area (TPSA) is 90.7 Å². The van der Waals surface area contributed by atoms with Crippen LogP contribution in [0.15, 0.2) is 89.5 Å². The summed E-state index contributed by atoms with van der Waals surface area (Å²) in [6, 6.07) is 15.5. The van der Waals surface area contributed by atoms with Crippen molar-refractivity contribution in [1.29, 1.82) is 0 Å². The van der Waals surface area contributed by atoms with Crippen LogP contribution >= 0.6 is 11.9 Å². The summed E-state index contributed by atoms with van der Waals surface area (Å²) in [6.07, 6.45) is 7.54. The summed E-state index contributed by atoms with van der Waals surface area (Å²) >= 11 is 5.32.